The molecule has 0 aliphatic rings. The van der Waals surface area contributed by atoms with E-state index in [2.05, 4.69) is 40.8 Å². The second kappa shape index (κ2) is 8.89. The summed E-state index contributed by atoms with van der Waals surface area (Å²) in [6.07, 6.45) is 0. The Morgan fingerprint density at radius 2 is 1.96 bits per heavy atom. The van der Waals surface area contributed by atoms with Crippen LogP contribution >= 0.6 is 15.9 Å². The number of para-hydroxylation sites is 2. The maximum atomic E-state index is 12.9. The van der Waals surface area contributed by atoms with Crippen LogP contribution < -0.4 is 27.3 Å². The lowest BCUT2D eigenvalue weighted by Crippen LogP contribution is -3.00. The predicted molar refractivity (Wildman–Crippen MR) is 106 cm³/mol. The quantitative estimate of drug-likeness (QED) is 0.410. The highest BCUT2D eigenvalue weighted by atomic mass is 79.9. The Hall–Kier alpha value is -1.86. The molecule has 0 bridgehead atoms. The molecule has 0 aliphatic heterocycles. The van der Waals surface area contributed by atoms with Crippen molar-refractivity contribution in [2.45, 2.75) is 32.7 Å². The number of H-pyrrole nitrogens is 1. The number of hydrogen-bond donors (Lipinski definition) is 2. The summed E-state index contributed by atoms with van der Waals surface area (Å²) >= 11 is 3.64. The first-order valence-electron chi connectivity index (χ1n) is 8.67. The zero-order valence-electron chi connectivity index (χ0n) is 15.5. The zero-order valence-corrected chi connectivity index (χ0v) is 18.7. The number of benzene rings is 2. The molecule has 1 aromatic heterocycles. The fraction of sp³-hybridized carbons (Fsp3) is 0.300. The first-order chi connectivity index (χ1) is 12.4. The molecule has 0 radical (unpaired) electrons. The summed E-state index contributed by atoms with van der Waals surface area (Å²) < 4.78 is 8.02. The number of hydrogen-bond acceptors (Lipinski definition) is 3. The largest absolute Gasteiger partial charge is 1.00 e. The van der Waals surface area contributed by atoms with Gasteiger partial charge in [-0.05, 0) is 36.6 Å². The van der Waals surface area contributed by atoms with Crippen LogP contribution in [0.25, 0.3) is 11.0 Å². The van der Waals surface area contributed by atoms with Crippen molar-refractivity contribution in [3.8, 4) is 0 Å². The summed E-state index contributed by atoms with van der Waals surface area (Å²) in [7, 11) is 0. The van der Waals surface area contributed by atoms with Gasteiger partial charge in [-0.1, -0.05) is 54.0 Å². The molecule has 5 nitrogen and oxygen atoms in total. The Morgan fingerprint density at radius 3 is 2.59 bits per heavy atom. The topological polar surface area (TPSA) is 72.0 Å². The van der Waals surface area contributed by atoms with Gasteiger partial charge in [-0.25, -0.2) is 14.3 Å². The molecule has 3 aromatic rings. The molecule has 3 N–H and O–H groups in total. The van der Waals surface area contributed by atoms with Crippen molar-refractivity contribution in [3.05, 3.63) is 58.1 Å². The van der Waals surface area contributed by atoms with E-state index in [1.807, 2.05) is 36.4 Å². The van der Waals surface area contributed by atoms with Crippen LogP contribution in [0.4, 0.5) is 5.95 Å². The highest BCUT2D eigenvalue weighted by Gasteiger charge is 2.33. The number of fused-ring (bicyclic) bond motifs is 1. The number of nitrogens with one attached hydrogen (secondary N) is 1. The average Bonchev–Trinajstić information content (AvgIpc) is 2.93. The maximum absolute atomic E-state index is 12.9. The van der Waals surface area contributed by atoms with Crippen LogP contribution in [0.2, 0.25) is 0 Å². The number of halogens is 2. The average molecular weight is 497 g/mol. The third-order valence-electron chi connectivity index (χ3n) is 4.44. The van der Waals surface area contributed by atoms with Crippen LogP contribution in [0.1, 0.15) is 43.9 Å². The van der Waals surface area contributed by atoms with Crippen molar-refractivity contribution < 1.29 is 31.1 Å². The van der Waals surface area contributed by atoms with Crippen molar-refractivity contribution in [1.82, 2.24) is 4.98 Å². The summed E-state index contributed by atoms with van der Waals surface area (Å²) in [5.74, 6) is 0.461. The van der Waals surface area contributed by atoms with Crippen molar-refractivity contribution in [2.75, 3.05) is 12.3 Å². The van der Waals surface area contributed by atoms with E-state index in [0.29, 0.717) is 18.5 Å². The Morgan fingerprint density at radius 1 is 1.26 bits per heavy atom. The molecule has 1 atom stereocenters. The lowest BCUT2D eigenvalue weighted by Gasteiger charge is -2.18. The first-order valence-corrected chi connectivity index (χ1v) is 9.47. The molecule has 27 heavy (non-hydrogen) atoms. The molecule has 0 saturated carbocycles. The molecule has 0 amide bonds. The number of aromatic nitrogens is 2. The molecule has 0 saturated heterocycles. The fourth-order valence-electron chi connectivity index (χ4n) is 3.11. The highest BCUT2D eigenvalue weighted by Crippen LogP contribution is 2.30. The van der Waals surface area contributed by atoms with Crippen molar-refractivity contribution in [3.63, 3.8) is 0 Å². The third kappa shape index (κ3) is 4.19. The van der Waals surface area contributed by atoms with E-state index in [4.69, 9.17) is 10.5 Å². The standard InChI is InChI=1S/C20H22BrN3O2.BrH/c1-4-26-19(25)18(14-10-9-13(12(2)3)11-15(14)21)24-17-8-6-5-7-16(17)23-20(24)22;/h5-12,18H,4H2,1-3H3,(H2,22,23);1H. The first kappa shape index (κ1) is 21.4. The second-order valence-corrected chi connectivity index (χ2v) is 7.34. The minimum Gasteiger partial charge on any atom is -1.00 e. The zero-order chi connectivity index (χ0) is 18.8. The number of imidazole rings is 1. The molecule has 1 heterocycles. The summed E-state index contributed by atoms with van der Waals surface area (Å²) in [5, 5.41) is 0. The number of nitrogen functional groups attached to an aromatic ring is 1. The monoisotopic (exact) mass is 495 g/mol. The smallest absolute Gasteiger partial charge is 0.354 e. The number of carbonyl (C=O) groups is 1. The molecular weight excluding hydrogens is 474 g/mol. The number of anilines is 1. The van der Waals surface area contributed by atoms with Gasteiger partial charge in [-0.3, -0.25) is 5.73 Å². The van der Waals surface area contributed by atoms with E-state index < -0.39 is 6.04 Å². The van der Waals surface area contributed by atoms with E-state index in [0.717, 1.165) is 21.1 Å². The van der Waals surface area contributed by atoms with Gasteiger partial charge in [0, 0.05) is 10.0 Å². The number of rotatable bonds is 5. The van der Waals surface area contributed by atoms with Crippen LogP contribution in [-0.2, 0) is 9.53 Å². The number of ether oxygens (including phenoxy) is 1. The highest BCUT2D eigenvalue weighted by molar-refractivity contribution is 9.10. The molecule has 7 heteroatoms. The predicted octanol–water partition coefficient (Wildman–Crippen LogP) is 1.08. The summed E-state index contributed by atoms with van der Waals surface area (Å²) in [4.78, 5) is 16.0. The van der Waals surface area contributed by atoms with Gasteiger partial charge in [0.1, 0.15) is 11.0 Å². The molecule has 0 aliphatic carbocycles. The van der Waals surface area contributed by atoms with Gasteiger partial charge in [0.25, 0.3) is 0 Å². The Kier molecular flexibility index (Phi) is 7.06. The number of aromatic amines is 1. The van der Waals surface area contributed by atoms with Crippen molar-refractivity contribution in [2.24, 2.45) is 0 Å². The van der Waals surface area contributed by atoms with Gasteiger partial charge in [-0.2, -0.15) is 0 Å². The van der Waals surface area contributed by atoms with Gasteiger partial charge in [0.05, 0.1) is 6.61 Å². The van der Waals surface area contributed by atoms with Gasteiger partial charge in [0.15, 0.2) is 0 Å². The summed E-state index contributed by atoms with van der Waals surface area (Å²) in [6.45, 7) is 6.38. The number of esters is 1. The minimum absolute atomic E-state index is 0. The van der Waals surface area contributed by atoms with Crippen molar-refractivity contribution in [1.29, 1.82) is 0 Å². The van der Waals surface area contributed by atoms with Crippen molar-refractivity contribution >= 4 is 38.9 Å². The van der Waals surface area contributed by atoms with E-state index in [-0.39, 0.29) is 23.0 Å². The van der Waals surface area contributed by atoms with E-state index in [1.165, 1.54) is 5.56 Å². The molecule has 0 fully saturated rings. The summed E-state index contributed by atoms with van der Waals surface area (Å²) in [5.41, 5.74) is 9.97. The Balaban J connectivity index is 0.00000261. The molecular formula is C20H23Br2N3O2. The minimum atomic E-state index is -0.679. The fourth-order valence-corrected chi connectivity index (χ4v) is 3.73. The second-order valence-electron chi connectivity index (χ2n) is 6.49. The van der Waals surface area contributed by atoms with Crippen LogP contribution in [-0.4, -0.2) is 17.6 Å². The molecule has 3 rings (SSSR count). The third-order valence-corrected chi connectivity index (χ3v) is 5.13. The van der Waals surface area contributed by atoms with Gasteiger partial charge in [-0.15, -0.1) is 0 Å². The van der Waals surface area contributed by atoms with Gasteiger partial charge in [0.2, 0.25) is 6.04 Å². The van der Waals surface area contributed by atoms with Crippen LogP contribution in [0.3, 0.4) is 0 Å². The Labute approximate surface area is 177 Å². The Bertz CT molecular complexity index is 954. The lowest BCUT2D eigenvalue weighted by molar-refractivity contribution is -0.662. The maximum Gasteiger partial charge on any atom is 0.354 e. The molecule has 0 spiro atoms. The molecule has 1 unspecified atom stereocenters. The SMILES string of the molecule is CCOC(=O)C(c1ccc(C(C)C)cc1Br)[n+]1c(N)[nH]c2ccccc21.[Br-]. The number of nitrogens with two attached hydrogens (primary N) is 1. The summed E-state index contributed by atoms with van der Waals surface area (Å²) in [6, 6.07) is 13.1. The van der Waals surface area contributed by atoms with E-state index in [1.54, 1.807) is 11.5 Å². The van der Waals surface area contributed by atoms with Gasteiger partial charge < -0.3 is 21.7 Å². The van der Waals surface area contributed by atoms with Gasteiger partial charge >= 0.3 is 11.9 Å². The van der Waals surface area contributed by atoms with E-state index in [9.17, 15) is 4.79 Å². The lowest BCUT2D eigenvalue weighted by atomic mass is 9.98. The normalized spacial score (nSPS) is 12.0. The number of carbonyl (C=O) groups excluding carboxylic acids is 1. The number of nitrogens with zero attached hydrogens (tertiary/aromatic N) is 1. The van der Waals surface area contributed by atoms with Crippen LogP contribution in [0, 0.1) is 0 Å². The molecule has 144 valence electrons. The van der Waals surface area contributed by atoms with E-state index >= 15 is 0 Å². The van der Waals surface area contributed by atoms with Crippen LogP contribution in [0.5, 0.6) is 0 Å². The molecule has 2 aromatic carbocycles. The van der Waals surface area contributed by atoms with Crippen LogP contribution in [0.15, 0.2) is 46.9 Å².